The first-order chi connectivity index (χ1) is 23.5. The summed E-state index contributed by atoms with van der Waals surface area (Å²) in [5.74, 6) is -1.85. The van der Waals surface area contributed by atoms with E-state index in [9.17, 15) is 19.2 Å². The van der Waals surface area contributed by atoms with Crippen LogP contribution in [0.25, 0.3) is 10.8 Å². The molecule has 0 aliphatic carbocycles. The van der Waals surface area contributed by atoms with E-state index in [4.69, 9.17) is 39.9 Å². The first kappa shape index (κ1) is 37.5. The lowest BCUT2D eigenvalue weighted by molar-refractivity contribution is 0.0129. The second-order valence-electron chi connectivity index (χ2n) is 11.3. The van der Waals surface area contributed by atoms with Crippen molar-refractivity contribution in [1.82, 2.24) is 9.80 Å². The molecule has 4 N–H and O–H groups in total. The number of carbonyl (C=O) groups is 4. The van der Waals surface area contributed by atoms with Gasteiger partial charge in [-0.15, -0.1) is 0 Å². The molecule has 0 aromatic heterocycles. The smallest absolute Gasteiger partial charge is 0.261 e. The van der Waals surface area contributed by atoms with Crippen molar-refractivity contribution in [3.8, 4) is 0 Å². The van der Waals surface area contributed by atoms with Crippen molar-refractivity contribution in [2.45, 2.75) is 25.7 Å². The van der Waals surface area contributed by atoms with E-state index >= 15 is 0 Å². The summed E-state index contributed by atoms with van der Waals surface area (Å²) < 4.78 is 32.9. The van der Waals surface area contributed by atoms with Crippen molar-refractivity contribution in [2.75, 3.05) is 105 Å². The van der Waals surface area contributed by atoms with Crippen LogP contribution in [0, 0.1) is 0 Å². The highest BCUT2D eigenvalue weighted by Gasteiger charge is 2.39. The third-order valence-corrected chi connectivity index (χ3v) is 7.88. The second-order valence-corrected chi connectivity index (χ2v) is 11.3. The lowest BCUT2D eigenvalue weighted by atomic mass is 9.86. The molecule has 2 heterocycles. The molecular formula is C34H48N4O10. The number of rotatable bonds is 26. The summed E-state index contributed by atoms with van der Waals surface area (Å²) in [6.07, 6.45) is 2.52. The third kappa shape index (κ3) is 9.86. The predicted molar refractivity (Wildman–Crippen MR) is 176 cm³/mol. The van der Waals surface area contributed by atoms with Crippen molar-refractivity contribution in [2.24, 2.45) is 11.5 Å². The van der Waals surface area contributed by atoms with Gasteiger partial charge in [0, 0.05) is 72.5 Å². The Morgan fingerprint density at radius 2 is 0.646 bits per heavy atom. The zero-order valence-electron chi connectivity index (χ0n) is 27.6. The van der Waals surface area contributed by atoms with Crippen LogP contribution in [0.2, 0.25) is 0 Å². The van der Waals surface area contributed by atoms with Gasteiger partial charge in [-0.2, -0.15) is 0 Å². The molecule has 4 amide bonds. The number of benzene rings is 2. The minimum atomic E-state index is -0.461. The van der Waals surface area contributed by atoms with Gasteiger partial charge < -0.3 is 39.9 Å². The molecule has 0 bridgehead atoms. The number of amides is 4. The molecular weight excluding hydrogens is 624 g/mol. The highest BCUT2D eigenvalue weighted by atomic mass is 16.5. The van der Waals surface area contributed by atoms with E-state index < -0.39 is 23.6 Å². The molecule has 0 fully saturated rings. The molecule has 2 aromatic carbocycles. The van der Waals surface area contributed by atoms with Gasteiger partial charge in [-0.1, -0.05) is 0 Å². The van der Waals surface area contributed by atoms with Crippen molar-refractivity contribution < 1.29 is 47.6 Å². The topological polar surface area (TPSA) is 182 Å². The molecule has 14 nitrogen and oxygen atoms in total. The Balaban J connectivity index is 1.23. The van der Waals surface area contributed by atoms with Gasteiger partial charge in [0.25, 0.3) is 23.6 Å². The van der Waals surface area contributed by atoms with Crippen molar-refractivity contribution in [3.63, 3.8) is 0 Å². The van der Waals surface area contributed by atoms with Gasteiger partial charge in [-0.3, -0.25) is 29.0 Å². The van der Waals surface area contributed by atoms with Crippen LogP contribution in [0.15, 0.2) is 24.3 Å². The molecule has 0 saturated carbocycles. The average Bonchev–Trinajstić information content (AvgIpc) is 3.09. The number of hydrogen-bond donors (Lipinski definition) is 2. The minimum Gasteiger partial charge on any atom is -0.379 e. The number of ether oxygens (including phenoxy) is 6. The number of nitrogens with two attached hydrogens (primary N) is 2. The summed E-state index contributed by atoms with van der Waals surface area (Å²) in [6, 6.07) is 6.27. The van der Waals surface area contributed by atoms with Crippen molar-refractivity contribution in [1.29, 1.82) is 0 Å². The fourth-order valence-electron chi connectivity index (χ4n) is 5.48. The molecule has 0 atom stereocenters. The minimum absolute atomic E-state index is 0.168. The first-order valence-corrected chi connectivity index (χ1v) is 16.7. The fraction of sp³-hybridized carbons (Fsp3) is 0.588. The van der Waals surface area contributed by atoms with Crippen LogP contribution in [-0.4, -0.2) is 139 Å². The average molecular weight is 673 g/mol. The summed E-state index contributed by atoms with van der Waals surface area (Å²) in [4.78, 5) is 56.2. The predicted octanol–water partition coefficient (Wildman–Crippen LogP) is 1.61. The highest BCUT2D eigenvalue weighted by molar-refractivity contribution is 6.33. The van der Waals surface area contributed by atoms with Gasteiger partial charge in [-0.25, -0.2) is 0 Å². The van der Waals surface area contributed by atoms with Crippen LogP contribution < -0.4 is 11.5 Å². The van der Waals surface area contributed by atoms with E-state index in [-0.39, 0.29) is 13.1 Å². The standard InChI is InChI=1S/C34H48N4O10/c35-9-1-13-43-17-21-47-23-19-45-15-3-11-37-31(39)25-5-7-27-30-28(8-6-26(29(25)30)32(37)40)34(42)38(33(27)41)12-4-16-46-20-24-48-22-18-44-14-2-10-36/h5-8H,1-4,9-24,35-36H2. The van der Waals surface area contributed by atoms with Gasteiger partial charge in [0.2, 0.25) is 0 Å². The second kappa shape index (κ2) is 20.2. The van der Waals surface area contributed by atoms with E-state index in [0.717, 1.165) is 12.8 Å². The van der Waals surface area contributed by atoms with Crippen LogP contribution in [-0.2, 0) is 28.4 Å². The van der Waals surface area contributed by atoms with E-state index in [0.29, 0.717) is 138 Å². The molecule has 2 aromatic rings. The van der Waals surface area contributed by atoms with Gasteiger partial charge in [0.05, 0.1) is 52.9 Å². The van der Waals surface area contributed by atoms with Crippen LogP contribution in [0.3, 0.4) is 0 Å². The Morgan fingerprint density at radius 3 is 0.917 bits per heavy atom. The quantitative estimate of drug-likeness (QED) is 0.109. The first-order valence-electron chi connectivity index (χ1n) is 16.7. The van der Waals surface area contributed by atoms with Gasteiger partial charge >= 0.3 is 0 Å². The maximum absolute atomic E-state index is 13.5. The summed E-state index contributed by atoms with van der Waals surface area (Å²) in [7, 11) is 0. The number of hydrogen-bond acceptors (Lipinski definition) is 12. The maximum atomic E-state index is 13.5. The zero-order chi connectivity index (χ0) is 34.1. The Labute approximate surface area is 280 Å². The SMILES string of the molecule is NCCCOCCOCCOCCCN1C(=O)c2ccc3c4c(ccc(c24)C1=O)C(=O)N(CCCOCCOCCOCCCN)C3=O. The van der Waals surface area contributed by atoms with Crippen LogP contribution in [0.1, 0.15) is 67.1 Å². The lowest BCUT2D eigenvalue weighted by Gasteiger charge is -2.32. The molecule has 14 heteroatoms. The molecule has 0 spiro atoms. The molecule has 2 aliphatic heterocycles. The van der Waals surface area contributed by atoms with Crippen molar-refractivity contribution >= 4 is 34.4 Å². The largest absolute Gasteiger partial charge is 0.379 e. The molecule has 2 aliphatic rings. The Bertz CT molecular complexity index is 1210. The maximum Gasteiger partial charge on any atom is 0.261 e. The van der Waals surface area contributed by atoms with Crippen LogP contribution in [0.4, 0.5) is 0 Å². The molecule has 4 rings (SSSR count). The van der Waals surface area contributed by atoms with Crippen LogP contribution in [0.5, 0.6) is 0 Å². The summed E-state index contributed by atoms with van der Waals surface area (Å²) in [6.45, 7) is 6.95. The number of imide groups is 2. The molecule has 0 radical (unpaired) electrons. The normalized spacial score (nSPS) is 14.2. The number of carbonyl (C=O) groups excluding carboxylic acids is 4. The molecule has 264 valence electrons. The lowest BCUT2D eigenvalue weighted by Crippen LogP contribution is -2.44. The number of nitrogens with zero attached hydrogens (tertiary/aromatic N) is 2. The Morgan fingerprint density at radius 1 is 0.396 bits per heavy atom. The fourth-order valence-corrected chi connectivity index (χ4v) is 5.48. The molecule has 48 heavy (non-hydrogen) atoms. The summed E-state index contributed by atoms with van der Waals surface area (Å²) in [5.41, 5.74) is 12.0. The van der Waals surface area contributed by atoms with E-state index in [1.165, 1.54) is 9.80 Å². The van der Waals surface area contributed by atoms with E-state index in [1.807, 2.05) is 0 Å². The van der Waals surface area contributed by atoms with E-state index in [2.05, 4.69) is 0 Å². The highest BCUT2D eigenvalue weighted by Crippen LogP contribution is 2.37. The molecule has 0 saturated heterocycles. The van der Waals surface area contributed by atoms with Gasteiger partial charge in [-0.05, 0) is 63.0 Å². The van der Waals surface area contributed by atoms with Crippen LogP contribution >= 0.6 is 0 Å². The Hall–Kier alpha value is -3.34. The summed E-state index contributed by atoms with van der Waals surface area (Å²) in [5, 5.41) is 0.706. The van der Waals surface area contributed by atoms with Crippen molar-refractivity contribution in [3.05, 3.63) is 46.5 Å². The zero-order valence-corrected chi connectivity index (χ0v) is 27.6. The van der Waals surface area contributed by atoms with E-state index in [1.54, 1.807) is 24.3 Å². The third-order valence-electron chi connectivity index (χ3n) is 7.88. The molecule has 0 unspecified atom stereocenters. The summed E-state index contributed by atoms with van der Waals surface area (Å²) >= 11 is 0. The van der Waals surface area contributed by atoms with Gasteiger partial charge in [0.15, 0.2) is 0 Å². The monoisotopic (exact) mass is 672 g/mol. The van der Waals surface area contributed by atoms with Gasteiger partial charge in [0.1, 0.15) is 0 Å². The Kier molecular flexibility index (Phi) is 15.8.